The van der Waals surface area contributed by atoms with Crippen molar-refractivity contribution in [3.63, 3.8) is 0 Å². The maximum absolute atomic E-state index is 11.2. The Bertz CT molecular complexity index is 359. The number of amides is 1. The molecule has 0 bridgehead atoms. The summed E-state index contributed by atoms with van der Waals surface area (Å²) in [5, 5.41) is 10.4. The molecule has 1 aromatic rings. The van der Waals surface area contributed by atoms with Crippen LogP contribution in [0.25, 0.3) is 0 Å². The fourth-order valence-corrected chi connectivity index (χ4v) is 1.74. The lowest BCUT2D eigenvalue weighted by atomic mass is 10.2. The summed E-state index contributed by atoms with van der Waals surface area (Å²) >= 11 is 0. The second kappa shape index (κ2) is 7.06. The summed E-state index contributed by atoms with van der Waals surface area (Å²) in [5.41, 5.74) is 2.34. The zero-order valence-corrected chi connectivity index (χ0v) is 10.9. The van der Waals surface area contributed by atoms with Gasteiger partial charge in [-0.2, -0.15) is 5.10 Å². The van der Waals surface area contributed by atoms with Gasteiger partial charge in [-0.05, 0) is 13.3 Å². The van der Waals surface area contributed by atoms with Crippen molar-refractivity contribution in [2.75, 3.05) is 13.1 Å². The van der Waals surface area contributed by atoms with E-state index in [1.54, 1.807) is 0 Å². The van der Waals surface area contributed by atoms with Crippen molar-refractivity contribution < 1.29 is 4.79 Å². The molecule has 0 radical (unpaired) electrons. The Morgan fingerprint density at radius 2 is 2.24 bits per heavy atom. The van der Waals surface area contributed by atoms with Gasteiger partial charge in [-0.3, -0.25) is 9.48 Å². The van der Waals surface area contributed by atoms with Gasteiger partial charge in [0.05, 0.1) is 5.69 Å². The van der Waals surface area contributed by atoms with Crippen molar-refractivity contribution in [1.29, 1.82) is 0 Å². The molecule has 0 unspecified atom stereocenters. The van der Waals surface area contributed by atoms with Crippen LogP contribution in [-0.4, -0.2) is 28.8 Å². The number of rotatable bonds is 7. The Balaban J connectivity index is 2.28. The number of aryl methyl sites for hydroxylation is 2. The molecule has 1 amide bonds. The molecule has 1 rings (SSSR count). The molecule has 1 aromatic heterocycles. The molecule has 0 atom stereocenters. The van der Waals surface area contributed by atoms with E-state index >= 15 is 0 Å². The molecule has 0 saturated heterocycles. The van der Waals surface area contributed by atoms with Gasteiger partial charge in [0.25, 0.3) is 0 Å². The van der Waals surface area contributed by atoms with E-state index in [1.807, 2.05) is 24.9 Å². The van der Waals surface area contributed by atoms with Crippen LogP contribution in [0.2, 0.25) is 0 Å². The van der Waals surface area contributed by atoms with Crippen LogP contribution in [0.3, 0.4) is 0 Å². The van der Waals surface area contributed by atoms with Crippen LogP contribution in [0.15, 0.2) is 6.20 Å². The van der Waals surface area contributed by atoms with Crippen molar-refractivity contribution in [3.05, 3.63) is 17.5 Å². The van der Waals surface area contributed by atoms with E-state index in [-0.39, 0.29) is 5.91 Å². The first-order chi connectivity index (χ1) is 8.17. The van der Waals surface area contributed by atoms with Crippen molar-refractivity contribution in [2.24, 2.45) is 7.05 Å². The molecule has 0 aliphatic heterocycles. The fourth-order valence-electron chi connectivity index (χ4n) is 1.74. The molecule has 5 heteroatoms. The second-order valence-electron chi connectivity index (χ2n) is 4.01. The topological polar surface area (TPSA) is 59.0 Å². The van der Waals surface area contributed by atoms with Gasteiger partial charge in [0.2, 0.25) is 5.91 Å². The van der Waals surface area contributed by atoms with E-state index in [9.17, 15) is 4.79 Å². The van der Waals surface area contributed by atoms with E-state index in [0.29, 0.717) is 19.5 Å². The van der Waals surface area contributed by atoms with Crippen molar-refractivity contribution in [3.8, 4) is 0 Å². The maximum atomic E-state index is 11.2. The summed E-state index contributed by atoms with van der Waals surface area (Å²) in [6.07, 6.45) is 3.49. The minimum atomic E-state index is 0.0990. The van der Waals surface area contributed by atoms with Gasteiger partial charge in [-0.25, -0.2) is 0 Å². The van der Waals surface area contributed by atoms with Gasteiger partial charge >= 0.3 is 0 Å². The van der Waals surface area contributed by atoms with Crippen LogP contribution >= 0.6 is 0 Å². The van der Waals surface area contributed by atoms with Crippen molar-refractivity contribution in [1.82, 2.24) is 20.4 Å². The van der Waals surface area contributed by atoms with Gasteiger partial charge in [-0.15, -0.1) is 0 Å². The van der Waals surface area contributed by atoms with Crippen molar-refractivity contribution >= 4 is 5.91 Å². The molecule has 0 aliphatic rings. The molecule has 0 fully saturated rings. The minimum absolute atomic E-state index is 0.0990. The highest BCUT2D eigenvalue weighted by Crippen LogP contribution is 2.06. The average Bonchev–Trinajstić information content (AvgIpc) is 2.65. The average molecular weight is 238 g/mol. The zero-order chi connectivity index (χ0) is 12.7. The van der Waals surface area contributed by atoms with Crippen LogP contribution < -0.4 is 10.6 Å². The Kier molecular flexibility index (Phi) is 5.69. The van der Waals surface area contributed by atoms with E-state index in [4.69, 9.17) is 0 Å². The molecule has 0 aromatic carbocycles. The van der Waals surface area contributed by atoms with Gasteiger partial charge in [0, 0.05) is 44.9 Å². The third-order valence-electron chi connectivity index (χ3n) is 2.54. The van der Waals surface area contributed by atoms with Gasteiger partial charge in [0.1, 0.15) is 0 Å². The lowest BCUT2D eigenvalue weighted by Gasteiger charge is -2.04. The molecule has 1 heterocycles. The van der Waals surface area contributed by atoms with Crippen LogP contribution in [-0.2, 0) is 24.8 Å². The Morgan fingerprint density at radius 3 is 2.88 bits per heavy atom. The third-order valence-corrected chi connectivity index (χ3v) is 2.54. The zero-order valence-electron chi connectivity index (χ0n) is 10.9. The normalized spacial score (nSPS) is 10.5. The van der Waals surface area contributed by atoms with E-state index < -0.39 is 0 Å². The Labute approximate surface area is 103 Å². The van der Waals surface area contributed by atoms with Crippen LogP contribution in [0, 0.1) is 0 Å². The molecule has 2 N–H and O–H groups in total. The number of carbonyl (C=O) groups excluding carboxylic acids is 1. The number of hydrogen-bond acceptors (Lipinski definition) is 3. The molecule has 96 valence electrons. The first-order valence-electron chi connectivity index (χ1n) is 6.16. The number of nitrogens with one attached hydrogen (secondary N) is 2. The molecule has 0 saturated carbocycles. The summed E-state index contributed by atoms with van der Waals surface area (Å²) in [5.74, 6) is 0.0990. The number of carbonyl (C=O) groups is 1. The van der Waals surface area contributed by atoms with E-state index in [0.717, 1.165) is 18.7 Å². The molecular formula is C12H22N4O. The highest BCUT2D eigenvalue weighted by molar-refractivity contribution is 5.75. The maximum Gasteiger partial charge on any atom is 0.221 e. The van der Waals surface area contributed by atoms with Crippen LogP contribution in [0.4, 0.5) is 0 Å². The molecule has 5 nitrogen and oxygen atoms in total. The fraction of sp³-hybridized carbons (Fsp3) is 0.667. The largest absolute Gasteiger partial charge is 0.356 e. The lowest BCUT2D eigenvalue weighted by Crippen LogP contribution is -2.27. The van der Waals surface area contributed by atoms with Crippen LogP contribution in [0.5, 0.6) is 0 Å². The summed E-state index contributed by atoms with van der Waals surface area (Å²) in [6, 6.07) is 0. The summed E-state index contributed by atoms with van der Waals surface area (Å²) in [7, 11) is 1.93. The summed E-state index contributed by atoms with van der Waals surface area (Å²) < 4.78 is 1.83. The SMILES string of the molecule is CCNC(=O)CCNCc1cn(C)nc1CC. The molecule has 17 heavy (non-hydrogen) atoms. The predicted octanol–water partition coefficient (Wildman–Crippen LogP) is 0.598. The first-order valence-corrected chi connectivity index (χ1v) is 6.16. The molecular weight excluding hydrogens is 216 g/mol. The van der Waals surface area contributed by atoms with Gasteiger partial charge in [-0.1, -0.05) is 6.92 Å². The number of nitrogens with zero attached hydrogens (tertiary/aromatic N) is 2. The highest BCUT2D eigenvalue weighted by Gasteiger charge is 2.05. The number of hydrogen-bond donors (Lipinski definition) is 2. The highest BCUT2D eigenvalue weighted by atomic mass is 16.1. The molecule has 0 aliphatic carbocycles. The van der Waals surface area contributed by atoms with Gasteiger partial charge < -0.3 is 10.6 Å². The smallest absolute Gasteiger partial charge is 0.221 e. The predicted molar refractivity (Wildman–Crippen MR) is 67.6 cm³/mol. The Hall–Kier alpha value is -1.36. The first kappa shape index (κ1) is 13.7. The molecule has 0 spiro atoms. The summed E-state index contributed by atoms with van der Waals surface area (Å²) in [4.78, 5) is 11.2. The number of aromatic nitrogens is 2. The van der Waals surface area contributed by atoms with Gasteiger partial charge in [0.15, 0.2) is 0 Å². The second-order valence-corrected chi connectivity index (χ2v) is 4.01. The standard InChI is InChI=1S/C12H22N4O/c1-4-11-10(9-16(3)15-11)8-13-7-6-12(17)14-5-2/h9,13H,4-8H2,1-3H3,(H,14,17). The lowest BCUT2D eigenvalue weighted by molar-refractivity contribution is -0.120. The monoisotopic (exact) mass is 238 g/mol. The van der Waals surface area contributed by atoms with E-state index in [1.165, 1.54) is 5.56 Å². The quantitative estimate of drug-likeness (QED) is 0.684. The third kappa shape index (κ3) is 4.56. The summed E-state index contributed by atoms with van der Waals surface area (Å²) in [6.45, 7) is 6.19. The Morgan fingerprint density at radius 1 is 1.47 bits per heavy atom. The van der Waals surface area contributed by atoms with E-state index in [2.05, 4.69) is 22.7 Å². The van der Waals surface area contributed by atoms with Crippen LogP contribution in [0.1, 0.15) is 31.5 Å². The minimum Gasteiger partial charge on any atom is -0.356 e. The van der Waals surface area contributed by atoms with Crippen molar-refractivity contribution in [2.45, 2.75) is 33.2 Å².